The third-order valence-electron chi connectivity index (χ3n) is 7.46. The normalized spacial score (nSPS) is 20.5. The number of benzene rings is 2. The van der Waals surface area contributed by atoms with Gasteiger partial charge in [-0.1, -0.05) is 19.1 Å². The topological polar surface area (TPSA) is 91.8 Å². The van der Waals surface area contributed by atoms with Gasteiger partial charge in [0.15, 0.2) is 0 Å². The van der Waals surface area contributed by atoms with E-state index in [4.69, 9.17) is 9.72 Å². The number of rotatable bonds is 6. The molecule has 8 nitrogen and oxygen atoms in total. The van der Waals surface area contributed by atoms with Crippen LogP contribution in [0.2, 0.25) is 0 Å². The van der Waals surface area contributed by atoms with Crippen molar-refractivity contribution in [1.29, 1.82) is 0 Å². The van der Waals surface area contributed by atoms with E-state index in [2.05, 4.69) is 23.2 Å². The molecule has 0 bridgehead atoms. The molecular formula is C29H32N4O4S3. The van der Waals surface area contributed by atoms with Gasteiger partial charge in [-0.15, -0.1) is 22.7 Å². The lowest BCUT2D eigenvalue weighted by Gasteiger charge is -2.34. The number of hydrogen-bond donors (Lipinski definition) is 1. The average molecular weight is 597 g/mol. The molecule has 0 aliphatic carbocycles. The molecule has 1 saturated heterocycles. The van der Waals surface area contributed by atoms with Crippen LogP contribution in [0.15, 0.2) is 53.4 Å². The number of para-hydroxylation sites is 1. The van der Waals surface area contributed by atoms with Crippen LogP contribution in [0.5, 0.6) is 0 Å². The highest BCUT2D eigenvalue weighted by molar-refractivity contribution is 7.89. The van der Waals surface area contributed by atoms with Gasteiger partial charge in [0, 0.05) is 42.2 Å². The monoisotopic (exact) mass is 596 g/mol. The number of thiazole rings is 1. The van der Waals surface area contributed by atoms with Crippen LogP contribution in [0.3, 0.4) is 0 Å². The summed E-state index contributed by atoms with van der Waals surface area (Å²) in [7, 11) is -3.68. The number of ether oxygens (including phenoxy) is 1. The minimum atomic E-state index is -3.68. The SMILES string of the molecule is CCN1CCc2c(sc(NC(=O)c3ccc(S(=O)(=O)N4C[C@@H](C)O[C@@H](C)C4)cc3)c2-c2nc3ccccc3s2)C1. The average Bonchev–Trinajstić information content (AvgIpc) is 3.52. The van der Waals surface area contributed by atoms with E-state index < -0.39 is 10.0 Å². The highest BCUT2D eigenvalue weighted by atomic mass is 32.2. The van der Waals surface area contributed by atoms with Gasteiger partial charge in [0.1, 0.15) is 10.0 Å². The van der Waals surface area contributed by atoms with Gasteiger partial charge in [-0.3, -0.25) is 9.69 Å². The van der Waals surface area contributed by atoms with Crippen LogP contribution in [0.4, 0.5) is 5.00 Å². The van der Waals surface area contributed by atoms with Crippen LogP contribution < -0.4 is 5.32 Å². The van der Waals surface area contributed by atoms with E-state index in [9.17, 15) is 13.2 Å². The number of hydrogen-bond acceptors (Lipinski definition) is 8. The predicted octanol–water partition coefficient (Wildman–Crippen LogP) is 5.45. The van der Waals surface area contributed by atoms with Gasteiger partial charge in [-0.2, -0.15) is 4.31 Å². The molecule has 0 radical (unpaired) electrons. The van der Waals surface area contributed by atoms with E-state index in [-0.39, 0.29) is 23.0 Å². The number of anilines is 1. The molecule has 0 unspecified atom stereocenters. The van der Waals surface area contributed by atoms with Crippen LogP contribution in [0.25, 0.3) is 20.8 Å². The fourth-order valence-electron chi connectivity index (χ4n) is 5.45. The highest BCUT2D eigenvalue weighted by Crippen LogP contribution is 2.45. The van der Waals surface area contributed by atoms with Crippen molar-refractivity contribution in [1.82, 2.24) is 14.2 Å². The number of nitrogens with one attached hydrogen (secondary N) is 1. The Morgan fingerprint density at radius 1 is 1.07 bits per heavy atom. The minimum absolute atomic E-state index is 0.172. The number of carbonyl (C=O) groups excluding carboxylic acids is 1. The van der Waals surface area contributed by atoms with Crippen molar-refractivity contribution in [2.75, 3.05) is 31.5 Å². The fourth-order valence-corrected chi connectivity index (χ4v) is 9.44. The van der Waals surface area contributed by atoms with Crippen molar-refractivity contribution < 1.29 is 17.9 Å². The van der Waals surface area contributed by atoms with Crippen molar-refractivity contribution in [2.45, 2.75) is 50.8 Å². The summed E-state index contributed by atoms with van der Waals surface area (Å²) in [4.78, 5) is 22.2. The summed E-state index contributed by atoms with van der Waals surface area (Å²) in [5.41, 5.74) is 3.63. The summed E-state index contributed by atoms with van der Waals surface area (Å²) in [6, 6.07) is 14.3. The number of carbonyl (C=O) groups is 1. The van der Waals surface area contributed by atoms with Gasteiger partial charge >= 0.3 is 0 Å². The first-order valence-electron chi connectivity index (χ1n) is 13.5. The molecule has 6 rings (SSSR count). The van der Waals surface area contributed by atoms with Crippen LogP contribution >= 0.6 is 22.7 Å². The first-order chi connectivity index (χ1) is 19.2. The lowest BCUT2D eigenvalue weighted by Crippen LogP contribution is -2.48. The van der Waals surface area contributed by atoms with Crippen LogP contribution in [-0.4, -0.2) is 66.9 Å². The maximum Gasteiger partial charge on any atom is 0.256 e. The van der Waals surface area contributed by atoms with Crippen molar-refractivity contribution >= 4 is 53.8 Å². The number of nitrogens with zero attached hydrogens (tertiary/aromatic N) is 3. The number of thiophene rings is 1. The summed E-state index contributed by atoms with van der Waals surface area (Å²) >= 11 is 3.25. The second kappa shape index (κ2) is 11.0. The third-order valence-corrected chi connectivity index (χ3v) is 11.5. The molecule has 40 heavy (non-hydrogen) atoms. The van der Waals surface area contributed by atoms with E-state index in [1.807, 2.05) is 32.0 Å². The van der Waals surface area contributed by atoms with E-state index in [1.165, 1.54) is 26.9 Å². The first-order valence-corrected chi connectivity index (χ1v) is 16.6. The second-order valence-electron chi connectivity index (χ2n) is 10.4. The Morgan fingerprint density at radius 2 is 1.80 bits per heavy atom. The van der Waals surface area contributed by atoms with Crippen molar-refractivity contribution in [3.8, 4) is 10.6 Å². The van der Waals surface area contributed by atoms with Crippen molar-refractivity contribution in [3.05, 3.63) is 64.5 Å². The van der Waals surface area contributed by atoms with E-state index in [0.717, 1.165) is 51.8 Å². The van der Waals surface area contributed by atoms with Gasteiger partial charge in [0.25, 0.3) is 5.91 Å². The Bertz CT molecular complexity index is 1620. The smallest absolute Gasteiger partial charge is 0.256 e. The molecule has 2 aliphatic heterocycles. The summed E-state index contributed by atoms with van der Waals surface area (Å²) in [6.07, 6.45) is 0.565. The zero-order valence-corrected chi connectivity index (χ0v) is 25.2. The number of aromatic nitrogens is 1. The van der Waals surface area contributed by atoms with E-state index >= 15 is 0 Å². The summed E-state index contributed by atoms with van der Waals surface area (Å²) in [5, 5.41) is 4.85. The Labute approximate surface area is 242 Å². The quantitative estimate of drug-likeness (QED) is 0.318. The summed E-state index contributed by atoms with van der Waals surface area (Å²) in [5.74, 6) is -0.272. The first kappa shape index (κ1) is 27.5. The maximum absolute atomic E-state index is 13.4. The maximum atomic E-state index is 13.4. The molecule has 4 aromatic rings. The zero-order valence-electron chi connectivity index (χ0n) is 22.7. The van der Waals surface area contributed by atoms with Gasteiger partial charge in [-0.25, -0.2) is 13.4 Å². The molecule has 0 saturated carbocycles. The fraction of sp³-hybridized carbons (Fsp3) is 0.379. The molecule has 0 spiro atoms. The van der Waals surface area contributed by atoms with Crippen LogP contribution in [-0.2, 0) is 27.7 Å². The molecule has 2 aromatic heterocycles. The second-order valence-corrected chi connectivity index (χ2v) is 14.4. The molecular weight excluding hydrogens is 565 g/mol. The number of morpholine rings is 1. The molecule has 4 heterocycles. The lowest BCUT2D eigenvalue weighted by atomic mass is 10.0. The Morgan fingerprint density at radius 3 is 2.50 bits per heavy atom. The zero-order chi connectivity index (χ0) is 28.0. The Balaban J connectivity index is 1.29. The molecule has 1 fully saturated rings. The lowest BCUT2D eigenvalue weighted by molar-refractivity contribution is -0.0440. The molecule has 1 N–H and O–H groups in total. The van der Waals surface area contributed by atoms with Crippen molar-refractivity contribution in [3.63, 3.8) is 0 Å². The van der Waals surface area contributed by atoms with Gasteiger partial charge < -0.3 is 10.1 Å². The Hall–Kier alpha value is -2.67. The molecule has 210 valence electrons. The predicted molar refractivity (Wildman–Crippen MR) is 161 cm³/mol. The number of sulfonamides is 1. The third kappa shape index (κ3) is 5.22. The van der Waals surface area contributed by atoms with Gasteiger partial charge in [0.2, 0.25) is 10.0 Å². The van der Waals surface area contributed by atoms with E-state index in [1.54, 1.807) is 34.8 Å². The van der Waals surface area contributed by atoms with Crippen LogP contribution in [0, 0.1) is 0 Å². The largest absolute Gasteiger partial charge is 0.373 e. The minimum Gasteiger partial charge on any atom is -0.373 e. The van der Waals surface area contributed by atoms with Crippen LogP contribution in [0.1, 0.15) is 41.6 Å². The standard InChI is InChI=1S/C29H32N4O4S3/c1-4-32-14-13-22-25(17-32)39-29(26(22)28-30-23-7-5-6-8-24(23)38-28)31-27(34)20-9-11-21(12-10-20)40(35,36)33-15-18(2)37-19(3)16-33/h5-12,18-19H,4,13-17H2,1-3H3,(H,31,34)/t18-,19+. The van der Waals surface area contributed by atoms with Crippen molar-refractivity contribution in [2.24, 2.45) is 0 Å². The molecule has 2 atom stereocenters. The Kier molecular flexibility index (Phi) is 7.53. The summed E-state index contributed by atoms with van der Waals surface area (Å²) in [6.45, 7) is 9.33. The number of fused-ring (bicyclic) bond motifs is 2. The molecule has 1 amide bonds. The number of amides is 1. The number of likely N-dealkylation sites (N-methyl/N-ethyl adjacent to an activating group) is 1. The molecule has 2 aromatic carbocycles. The highest BCUT2D eigenvalue weighted by Gasteiger charge is 2.32. The summed E-state index contributed by atoms with van der Waals surface area (Å²) < 4.78 is 34.8. The van der Waals surface area contributed by atoms with Gasteiger partial charge in [0.05, 0.1) is 27.3 Å². The molecule has 2 aliphatic rings. The molecule has 11 heteroatoms. The van der Waals surface area contributed by atoms with E-state index in [0.29, 0.717) is 18.7 Å². The van der Waals surface area contributed by atoms with Gasteiger partial charge in [-0.05, 0) is 68.8 Å².